The van der Waals surface area contributed by atoms with Crippen LogP contribution in [0.25, 0.3) is 11.0 Å². The van der Waals surface area contributed by atoms with Gasteiger partial charge in [0.25, 0.3) is 5.56 Å². The highest BCUT2D eigenvalue weighted by molar-refractivity contribution is 6.04. The average Bonchev–Trinajstić information content (AvgIpc) is 3.28. The van der Waals surface area contributed by atoms with Crippen molar-refractivity contribution in [3.8, 4) is 0 Å². The first-order valence-electron chi connectivity index (χ1n) is 10.4. The maximum Gasteiger partial charge on any atom is 0.314 e. The van der Waals surface area contributed by atoms with Gasteiger partial charge in [-0.25, -0.2) is 4.98 Å². The highest BCUT2D eigenvalue weighted by Crippen LogP contribution is 2.31. The van der Waals surface area contributed by atoms with Crippen molar-refractivity contribution in [2.45, 2.75) is 45.6 Å². The molecule has 0 radical (unpaired) electrons. The maximum atomic E-state index is 13.2. The number of aromatic nitrogens is 3. The number of esters is 1. The summed E-state index contributed by atoms with van der Waals surface area (Å²) < 4.78 is 6.41. The number of pyridine rings is 1. The summed E-state index contributed by atoms with van der Waals surface area (Å²) in [4.78, 5) is 50.4. The number of nitrogens with one attached hydrogen (secondary N) is 1. The smallest absolute Gasteiger partial charge is 0.314 e. The molecule has 2 aromatic heterocycles. The van der Waals surface area contributed by atoms with E-state index in [0.29, 0.717) is 28.4 Å². The highest BCUT2D eigenvalue weighted by atomic mass is 16.5. The number of amidine groups is 1. The minimum Gasteiger partial charge on any atom is -0.469 e. The van der Waals surface area contributed by atoms with Gasteiger partial charge in [-0.05, 0) is 38.3 Å². The van der Waals surface area contributed by atoms with Gasteiger partial charge >= 0.3 is 5.97 Å². The van der Waals surface area contributed by atoms with E-state index in [9.17, 15) is 14.4 Å². The quantitative estimate of drug-likeness (QED) is 0.593. The number of carbonyl (C=O) groups is 2. The molecule has 1 aliphatic heterocycles. The Kier molecular flexibility index (Phi) is 5.67. The lowest BCUT2D eigenvalue weighted by Gasteiger charge is -2.20. The molecule has 9 heteroatoms. The number of aryl methyl sites for hydroxylation is 1. The summed E-state index contributed by atoms with van der Waals surface area (Å²) >= 11 is 0. The number of methoxy groups -OCH3 is 1. The molecule has 3 heterocycles. The first-order valence-corrected chi connectivity index (χ1v) is 10.4. The molecule has 0 aromatic carbocycles. The minimum absolute atomic E-state index is 0.0178. The van der Waals surface area contributed by atoms with Gasteiger partial charge in [0, 0.05) is 17.6 Å². The summed E-state index contributed by atoms with van der Waals surface area (Å²) in [5, 5.41) is 3.74. The fourth-order valence-corrected chi connectivity index (χ4v) is 4.33. The largest absolute Gasteiger partial charge is 0.469 e. The van der Waals surface area contributed by atoms with Crippen molar-refractivity contribution in [2.75, 3.05) is 19.0 Å². The molecule has 1 aliphatic carbocycles. The topological polar surface area (TPSA) is 116 Å². The Labute approximate surface area is 179 Å². The lowest BCUT2D eigenvalue weighted by molar-refractivity contribution is -0.143. The molecule has 0 spiro atoms. The first-order chi connectivity index (χ1) is 14.9. The normalized spacial score (nSPS) is 18.8. The second-order valence-corrected chi connectivity index (χ2v) is 7.94. The van der Waals surface area contributed by atoms with Crippen molar-refractivity contribution >= 4 is 34.6 Å². The van der Waals surface area contributed by atoms with Crippen molar-refractivity contribution in [3.63, 3.8) is 0 Å². The van der Waals surface area contributed by atoms with E-state index >= 15 is 0 Å². The number of nitrogens with zero attached hydrogens (tertiary/aromatic N) is 4. The zero-order valence-corrected chi connectivity index (χ0v) is 17.8. The molecule has 1 unspecified atom stereocenters. The molecule has 9 nitrogen and oxygen atoms in total. The summed E-state index contributed by atoms with van der Waals surface area (Å²) in [6, 6.07) is 0.0178. The molecule has 1 N–H and O–H groups in total. The lowest BCUT2D eigenvalue weighted by Crippen LogP contribution is -2.30. The number of carbonyl (C=O) groups excluding carboxylic acids is 2. The predicted molar refractivity (Wildman–Crippen MR) is 117 cm³/mol. The Bertz CT molecular complexity index is 1170. The Morgan fingerprint density at radius 2 is 2.00 bits per heavy atom. The van der Waals surface area contributed by atoms with E-state index in [1.165, 1.54) is 14.0 Å². The van der Waals surface area contributed by atoms with Crippen LogP contribution in [0.5, 0.6) is 0 Å². The molecule has 0 bridgehead atoms. The zero-order valence-electron chi connectivity index (χ0n) is 17.8. The van der Waals surface area contributed by atoms with E-state index in [2.05, 4.69) is 20.3 Å². The van der Waals surface area contributed by atoms with Gasteiger partial charge in [-0.15, -0.1) is 0 Å². The summed E-state index contributed by atoms with van der Waals surface area (Å²) in [7, 11) is 1.35. The molecule has 2 aromatic rings. The number of dihydropyridines is 1. The molecule has 1 saturated carbocycles. The molecule has 2 aliphatic rings. The third kappa shape index (κ3) is 3.87. The van der Waals surface area contributed by atoms with Crippen LogP contribution in [-0.4, -0.2) is 45.8 Å². The summed E-state index contributed by atoms with van der Waals surface area (Å²) in [6.45, 7) is 3.45. The summed E-state index contributed by atoms with van der Waals surface area (Å²) in [5.74, 6) is -0.174. The Balaban J connectivity index is 1.74. The van der Waals surface area contributed by atoms with Crippen LogP contribution >= 0.6 is 0 Å². The van der Waals surface area contributed by atoms with Crippen molar-refractivity contribution in [3.05, 3.63) is 39.8 Å². The number of aliphatic imine (C=N–C) groups is 1. The van der Waals surface area contributed by atoms with Crippen molar-refractivity contribution in [1.29, 1.82) is 0 Å². The number of ketones is 1. The molecular weight excluding hydrogens is 398 g/mol. The molecule has 0 saturated heterocycles. The molecular formula is C22H25N5O4. The number of rotatable bonds is 4. The number of anilines is 1. The van der Waals surface area contributed by atoms with Crippen LogP contribution in [0, 0.1) is 12.8 Å². The van der Waals surface area contributed by atoms with Crippen molar-refractivity contribution < 1.29 is 14.3 Å². The second-order valence-electron chi connectivity index (χ2n) is 7.94. The Hall–Kier alpha value is -3.36. The number of ether oxygens (including phenoxy) is 1. The fourth-order valence-electron chi connectivity index (χ4n) is 4.33. The summed E-state index contributed by atoms with van der Waals surface area (Å²) in [5.41, 5.74) is 1.04. The Morgan fingerprint density at radius 3 is 2.61 bits per heavy atom. The molecule has 4 rings (SSSR count). The van der Waals surface area contributed by atoms with Crippen LogP contribution in [0.1, 0.15) is 54.6 Å². The van der Waals surface area contributed by atoms with Crippen molar-refractivity contribution in [1.82, 2.24) is 14.5 Å². The molecule has 162 valence electrons. The van der Waals surface area contributed by atoms with Crippen LogP contribution in [0.3, 0.4) is 0 Å². The third-order valence-electron chi connectivity index (χ3n) is 5.94. The number of hydrogen-bond donors (Lipinski definition) is 1. The van der Waals surface area contributed by atoms with Crippen LogP contribution < -0.4 is 10.9 Å². The zero-order chi connectivity index (χ0) is 22.1. The van der Waals surface area contributed by atoms with Crippen LogP contribution in [0.15, 0.2) is 28.1 Å². The minimum atomic E-state index is -0.409. The van der Waals surface area contributed by atoms with E-state index in [4.69, 9.17) is 4.74 Å². The van der Waals surface area contributed by atoms with Gasteiger partial charge in [0.1, 0.15) is 11.5 Å². The average molecular weight is 423 g/mol. The van der Waals surface area contributed by atoms with Gasteiger partial charge in [0.05, 0.1) is 25.1 Å². The van der Waals surface area contributed by atoms with Crippen LogP contribution in [0.2, 0.25) is 0 Å². The van der Waals surface area contributed by atoms with Gasteiger partial charge in [0.15, 0.2) is 5.78 Å². The number of Topliss-reactive ketones (excluding diaryl/α,β-unsaturated/α-hetero) is 1. The van der Waals surface area contributed by atoms with Gasteiger partial charge in [-0.3, -0.25) is 23.9 Å². The van der Waals surface area contributed by atoms with E-state index in [1.807, 2.05) is 0 Å². The second kappa shape index (κ2) is 8.41. The maximum absolute atomic E-state index is 13.2. The fraction of sp³-hybridized carbons (Fsp3) is 0.455. The molecule has 1 atom stereocenters. The van der Waals surface area contributed by atoms with E-state index in [-0.39, 0.29) is 35.5 Å². The number of hydrogen-bond acceptors (Lipinski definition) is 8. The highest BCUT2D eigenvalue weighted by Gasteiger charge is 2.26. The van der Waals surface area contributed by atoms with Gasteiger partial charge in [-0.1, -0.05) is 18.9 Å². The van der Waals surface area contributed by atoms with E-state index in [0.717, 1.165) is 25.7 Å². The molecule has 31 heavy (non-hydrogen) atoms. The standard InChI is InChI=1S/C22H25N5O4/c1-12-16-11-24-22(25-17-9-8-14(10-23-17)21(30)31-3)26-19(16)27(15-6-4-5-7-15)20(29)18(12)13(2)28/h8-9,11,14-15H,4-7,10H2,1-3H3,(H,23,24,25,26). The van der Waals surface area contributed by atoms with Crippen LogP contribution in [0.4, 0.5) is 5.95 Å². The van der Waals surface area contributed by atoms with Gasteiger partial charge in [0.2, 0.25) is 5.95 Å². The summed E-state index contributed by atoms with van der Waals surface area (Å²) in [6.07, 6.45) is 8.90. The molecule has 0 amide bonds. The SMILES string of the molecule is COC(=O)C1C=CC(Nc2ncc3c(C)c(C(C)=O)c(=O)n(C4CCCC4)c3n2)=NC1. The lowest BCUT2D eigenvalue weighted by atomic mass is 10.0. The molecule has 1 fully saturated rings. The van der Waals surface area contributed by atoms with Crippen LogP contribution in [-0.2, 0) is 9.53 Å². The van der Waals surface area contributed by atoms with E-state index in [1.54, 1.807) is 29.8 Å². The third-order valence-corrected chi connectivity index (χ3v) is 5.94. The predicted octanol–water partition coefficient (Wildman–Crippen LogP) is 2.59. The first kappa shape index (κ1) is 20.9. The van der Waals surface area contributed by atoms with Gasteiger partial charge < -0.3 is 10.1 Å². The Morgan fingerprint density at radius 1 is 1.26 bits per heavy atom. The van der Waals surface area contributed by atoms with E-state index < -0.39 is 5.92 Å². The number of fused-ring (bicyclic) bond motifs is 1. The van der Waals surface area contributed by atoms with Gasteiger partial charge in [-0.2, -0.15) is 4.98 Å². The monoisotopic (exact) mass is 423 g/mol. The van der Waals surface area contributed by atoms with Crippen molar-refractivity contribution in [2.24, 2.45) is 10.9 Å².